The normalized spacial score (nSPS) is 11.8. The maximum absolute atomic E-state index is 12.4. The number of alkyl carbamates (subject to hydrolysis) is 2. The molecule has 0 radical (unpaired) electrons. The molecule has 0 bridgehead atoms. The fourth-order valence-corrected chi connectivity index (χ4v) is 7.42. The molecule has 28 heteroatoms. The van der Waals surface area contributed by atoms with Crippen LogP contribution in [0.4, 0.5) is 9.59 Å². The monoisotopic (exact) mass is 1140 g/mol. The third kappa shape index (κ3) is 43.7. The van der Waals surface area contributed by atoms with Crippen molar-refractivity contribution >= 4 is 82.7 Å². The summed E-state index contributed by atoms with van der Waals surface area (Å²) in [5.41, 5.74) is 0.785. The van der Waals surface area contributed by atoms with Crippen molar-refractivity contribution in [3.8, 4) is 6.26 Å². The first kappa shape index (κ1) is 80.7. The number of carbonyl (C=O) groups excluding carboxylic acids is 7. The van der Waals surface area contributed by atoms with Gasteiger partial charge in [0.15, 0.2) is 0 Å². The largest absolute Gasteiger partial charge is 0.464 e. The van der Waals surface area contributed by atoms with E-state index in [4.69, 9.17) is 61.6 Å². The van der Waals surface area contributed by atoms with Gasteiger partial charge in [-0.05, 0) is 33.9 Å². The van der Waals surface area contributed by atoms with Crippen molar-refractivity contribution < 1.29 is 99.4 Å². The average molecular weight is 1140 g/mol. The summed E-state index contributed by atoms with van der Waals surface area (Å²) in [5, 5.41) is 30.6. The van der Waals surface area contributed by atoms with Crippen LogP contribution in [0.5, 0.6) is 0 Å². The van der Waals surface area contributed by atoms with Gasteiger partial charge in [-0.15, -0.1) is 0 Å². The lowest BCUT2D eigenvalue weighted by atomic mass is 10.2. The molecule has 0 saturated carbocycles. The molecule has 4 unspecified atom stereocenters. The number of ether oxygens (including phenoxy) is 8. The van der Waals surface area contributed by atoms with Crippen molar-refractivity contribution in [3.63, 3.8) is 0 Å². The molecule has 0 aromatic heterocycles. The molecule has 0 heterocycles. The van der Waals surface area contributed by atoms with E-state index in [-0.39, 0.29) is 116 Å². The number of aliphatic hydroxyl groups is 2. The van der Waals surface area contributed by atoms with Crippen LogP contribution in [-0.4, -0.2) is 198 Å². The van der Waals surface area contributed by atoms with Crippen molar-refractivity contribution in [2.45, 2.75) is 82.2 Å². The minimum atomic E-state index is -2.57. The molecular formula is C46H87N3O21S2Si2. The van der Waals surface area contributed by atoms with Gasteiger partial charge in [-0.3, -0.25) is 9.59 Å². The van der Waals surface area contributed by atoms with Crippen LogP contribution in [-0.2, 0) is 79.6 Å². The Morgan fingerprint density at radius 2 is 0.973 bits per heavy atom. The summed E-state index contributed by atoms with van der Waals surface area (Å²) in [6.07, 6.45) is -1.62. The Morgan fingerprint density at radius 3 is 1.34 bits per heavy atom. The SMILES string of the molecule is C.C.C.C=C(C)C(=O)OCCNC(=O)OCC(CSCC(C)C(=O)OC[Si](C)(OC)OC)OC(=O)NCCOC(=O)C(=C)C.C=C(C)C(=O)OCCOC#N.CO[Si](C)(COC(=O)C(C)CSCC(O)CO)OC. The summed E-state index contributed by atoms with van der Waals surface area (Å²) in [5.74, 6) is -1.70. The second-order valence-electron chi connectivity index (χ2n) is 15.2. The molecule has 2 amide bonds. The van der Waals surface area contributed by atoms with E-state index in [0.29, 0.717) is 22.8 Å². The number of nitrogens with one attached hydrogen (secondary N) is 2. The molecule has 432 valence electrons. The average Bonchev–Trinajstić information content (AvgIpc) is 3.34. The third-order valence-corrected chi connectivity index (χ3v) is 15.9. The molecule has 0 aliphatic rings. The number of hydrogen-bond donors (Lipinski definition) is 4. The molecule has 0 spiro atoms. The molecule has 0 aliphatic heterocycles. The predicted molar refractivity (Wildman–Crippen MR) is 286 cm³/mol. The van der Waals surface area contributed by atoms with Crippen molar-refractivity contribution in [2.24, 2.45) is 11.8 Å². The molecule has 0 aliphatic carbocycles. The maximum atomic E-state index is 12.4. The highest BCUT2D eigenvalue weighted by molar-refractivity contribution is 7.99. The molecule has 0 saturated heterocycles. The number of esters is 5. The highest BCUT2D eigenvalue weighted by atomic mass is 32.2. The van der Waals surface area contributed by atoms with Crippen LogP contribution >= 0.6 is 23.5 Å². The van der Waals surface area contributed by atoms with Crippen LogP contribution in [0, 0.1) is 23.4 Å². The molecular weight excluding hydrogens is 1050 g/mol. The summed E-state index contributed by atoms with van der Waals surface area (Å²) in [7, 11) is 1.11. The Morgan fingerprint density at radius 1 is 0.595 bits per heavy atom. The van der Waals surface area contributed by atoms with Crippen molar-refractivity contribution in [1.29, 1.82) is 5.26 Å². The first-order valence-electron chi connectivity index (χ1n) is 21.6. The molecule has 74 heavy (non-hydrogen) atoms. The fraction of sp³-hybridized carbons (Fsp3) is 0.696. The summed E-state index contributed by atoms with van der Waals surface area (Å²) < 4.78 is 60.6. The Balaban J connectivity index is -0.000000289. The second kappa shape index (κ2) is 48.0. The molecule has 0 aromatic carbocycles. The minimum Gasteiger partial charge on any atom is -0.464 e. The Hall–Kier alpha value is -4.71. The maximum Gasteiger partial charge on any atom is 0.407 e. The lowest BCUT2D eigenvalue weighted by molar-refractivity contribution is -0.146. The zero-order valence-corrected chi connectivity index (χ0v) is 46.4. The van der Waals surface area contributed by atoms with E-state index in [0.717, 1.165) is 0 Å². The molecule has 4 N–H and O–H groups in total. The van der Waals surface area contributed by atoms with Crippen molar-refractivity contribution in [2.75, 3.05) is 117 Å². The topological polar surface area (TPSA) is 319 Å². The van der Waals surface area contributed by atoms with Gasteiger partial charge in [0, 0.05) is 68.2 Å². The van der Waals surface area contributed by atoms with Gasteiger partial charge < -0.3 is 76.4 Å². The van der Waals surface area contributed by atoms with E-state index in [9.17, 15) is 33.6 Å². The summed E-state index contributed by atoms with van der Waals surface area (Å²) in [6.45, 7) is 21.3. The van der Waals surface area contributed by atoms with Crippen LogP contribution in [0.2, 0.25) is 13.1 Å². The van der Waals surface area contributed by atoms with E-state index < -0.39 is 71.3 Å². The number of hydrogen-bond acceptors (Lipinski definition) is 24. The highest BCUT2D eigenvalue weighted by Crippen LogP contribution is 2.16. The number of amides is 2. The summed E-state index contributed by atoms with van der Waals surface area (Å²) in [6, 6.07) is 0. The second-order valence-corrected chi connectivity index (χ2v) is 24.1. The molecule has 4 atom stereocenters. The standard InChI is InChI=1S/C25H42N2O12SSi.C11H24O6SSi.C7H9NO3.3CH4/c1-17(2)21(28)35-11-9-26-24(31)37-13-20(39-25(32)27-10-12-36-22(29)18(3)4)15-40-14-19(5)23(30)38-16-41(8,33-6)34-7;1-9(6-18-7-10(13)5-12)11(14)17-8-19(4,15-2)16-3;1-6(2)7(9)11-4-3-10-5-8;;;/h19-20H,1,3,9-16H2,2,4-8H3,(H,26,31)(H,27,32);9-10,12-13H,5-8H2,1-4H3;1,3-4H2,2H3;3*1H4. The lowest BCUT2D eigenvalue weighted by Gasteiger charge is -2.23. The van der Waals surface area contributed by atoms with E-state index in [1.54, 1.807) is 41.5 Å². The fourth-order valence-electron chi connectivity index (χ4n) is 3.75. The van der Waals surface area contributed by atoms with Gasteiger partial charge in [0.1, 0.15) is 51.6 Å². The van der Waals surface area contributed by atoms with Gasteiger partial charge in [0.25, 0.3) is 6.26 Å². The number of aliphatic hydroxyl groups excluding tert-OH is 2. The third-order valence-electron chi connectivity index (χ3n) is 8.46. The lowest BCUT2D eigenvalue weighted by Crippen LogP contribution is -2.43. The van der Waals surface area contributed by atoms with Gasteiger partial charge in [0.2, 0.25) is 0 Å². The minimum absolute atomic E-state index is 0. The van der Waals surface area contributed by atoms with E-state index in [1.165, 1.54) is 57.8 Å². The Labute approximate surface area is 449 Å². The van der Waals surface area contributed by atoms with Gasteiger partial charge in [-0.1, -0.05) is 55.9 Å². The predicted octanol–water partition coefficient (Wildman–Crippen LogP) is 4.53. The zero-order valence-electron chi connectivity index (χ0n) is 42.7. The Kier molecular flexibility index (Phi) is 52.3. The first-order chi connectivity index (χ1) is 33.3. The van der Waals surface area contributed by atoms with Gasteiger partial charge >= 0.3 is 59.2 Å². The number of rotatable bonds is 34. The van der Waals surface area contributed by atoms with Gasteiger partial charge in [-0.25, -0.2) is 24.0 Å². The Bertz CT molecular complexity index is 1700. The van der Waals surface area contributed by atoms with E-state index in [2.05, 4.69) is 39.8 Å². The number of carbonyl (C=O) groups is 7. The van der Waals surface area contributed by atoms with Crippen LogP contribution in [0.25, 0.3) is 0 Å². The molecule has 24 nitrogen and oxygen atoms in total. The van der Waals surface area contributed by atoms with Crippen LogP contribution < -0.4 is 10.6 Å². The van der Waals surface area contributed by atoms with Crippen molar-refractivity contribution in [1.82, 2.24) is 10.6 Å². The smallest absolute Gasteiger partial charge is 0.407 e. The van der Waals surface area contributed by atoms with Crippen LogP contribution in [0.3, 0.4) is 0 Å². The molecule has 0 rings (SSSR count). The number of thioether (sulfide) groups is 2. The van der Waals surface area contributed by atoms with Crippen molar-refractivity contribution in [3.05, 3.63) is 36.5 Å². The van der Waals surface area contributed by atoms with E-state index >= 15 is 0 Å². The van der Waals surface area contributed by atoms with E-state index in [1.807, 2.05) is 6.55 Å². The molecule has 0 aromatic rings. The first-order valence-corrected chi connectivity index (χ1v) is 29.0. The molecule has 0 fully saturated rings. The highest BCUT2D eigenvalue weighted by Gasteiger charge is 2.33. The number of nitriles is 1. The summed E-state index contributed by atoms with van der Waals surface area (Å²) >= 11 is 2.69. The zero-order chi connectivity index (χ0) is 55.0. The summed E-state index contributed by atoms with van der Waals surface area (Å²) in [4.78, 5) is 81.8. The van der Waals surface area contributed by atoms with Gasteiger partial charge in [-0.2, -0.15) is 28.8 Å². The number of nitrogens with zero attached hydrogens (tertiary/aromatic N) is 1. The quantitative estimate of drug-likeness (QED) is 0.0172. The van der Waals surface area contributed by atoms with Crippen LogP contribution in [0.15, 0.2) is 36.5 Å². The van der Waals surface area contributed by atoms with Crippen LogP contribution in [0.1, 0.15) is 56.9 Å². The van der Waals surface area contributed by atoms with Gasteiger partial charge in [0.05, 0.1) is 37.6 Å².